The third-order valence-electron chi connectivity index (χ3n) is 6.05. The van der Waals surface area contributed by atoms with E-state index < -0.39 is 0 Å². The molecule has 33 heavy (non-hydrogen) atoms. The van der Waals surface area contributed by atoms with Gasteiger partial charge in [0.25, 0.3) is 5.91 Å². The quantitative estimate of drug-likeness (QED) is 0.645. The number of pyridine rings is 1. The maximum Gasteiger partial charge on any atom is 0.317 e. The zero-order valence-corrected chi connectivity index (χ0v) is 19.0. The van der Waals surface area contributed by atoms with Gasteiger partial charge in [0.2, 0.25) is 0 Å². The molecule has 1 aliphatic rings. The second kappa shape index (κ2) is 10.2. The van der Waals surface area contributed by atoms with Gasteiger partial charge in [-0.1, -0.05) is 30.3 Å². The Balaban J connectivity index is 1.30. The highest BCUT2D eigenvalue weighted by Gasteiger charge is 2.25. The minimum absolute atomic E-state index is 0.00849. The maximum absolute atomic E-state index is 13.0. The van der Waals surface area contributed by atoms with E-state index in [4.69, 9.17) is 0 Å². The van der Waals surface area contributed by atoms with E-state index in [1.807, 2.05) is 90.5 Å². The van der Waals surface area contributed by atoms with E-state index in [1.165, 1.54) is 0 Å². The third-order valence-corrected chi connectivity index (χ3v) is 6.05. The van der Waals surface area contributed by atoms with Gasteiger partial charge in [-0.15, -0.1) is 0 Å². The Kier molecular flexibility index (Phi) is 6.88. The zero-order chi connectivity index (χ0) is 23.2. The number of benzene rings is 2. The molecule has 1 N–H and O–H groups in total. The van der Waals surface area contributed by atoms with Crippen molar-refractivity contribution in [2.24, 2.45) is 0 Å². The highest BCUT2D eigenvalue weighted by molar-refractivity contribution is 5.95. The van der Waals surface area contributed by atoms with Crippen LogP contribution in [0.1, 0.15) is 28.9 Å². The Morgan fingerprint density at radius 3 is 2.06 bits per heavy atom. The van der Waals surface area contributed by atoms with Crippen LogP contribution in [0.3, 0.4) is 0 Å². The molecule has 1 aromatic heterocycles. The molecule has 0 unspecified atom stereocenters. The summed E-state index contributed by atoms with van der Waals surface area (Å²) in [7, 11) is 1.98. The molecule has 2 heterocycles. The second-order valence-corrected chi connectivity index (χ2v) is 8.17. The molecule has 2 aromatic carbocycles. The minimum Gasteiger partial charge on any atom is -0.345 e. The molecule has 4 rings (SSSR count). The van der Waals surface area contributed by atoms with Crippen LogP contribution < -0.4 is 10.2 Å². The number of urea groups is 1. The van der Waals surface area contributed by atoms with Gasteiger partial charge in [0.05, 0.1) is 6.04 Å². The van der Waals surface area contributed by atoms with E-state index in [9.17, 15) is 9.59 Å². The molecule has 3 amide bonds. The fraction of sp³-hybridized carbons (Fsp3) is 0.269. The first-order valence-corrected chi connectivity index (χ1v) is 11.2. The predicted octanol–water partition coefficient (Wildman–Crippen LogP) is 4.08. The van der Waals surface area contributed by atoms with Crippen LogP contribution in [0.15, 0.2) is 79.1 Å². The van der Waals surface area contributed by atoms with E-state index in [0.29, 0.717) is 31.7 Å². The van der Waals surface area contributed by atoms with E-state index in [-0.39, 0.29) is 18.0 Å². The monoisotopic (exact) mass is 443 g/mol. The Morgan fingerprint density at radius 1 is 0.848 bits per heavy atom. The number of hydrogen-bond donors (Lipinski definition) is 1. The molecule has 1 aliphatic heterocycles. The molecule has 0 radical (unpaired) electrons. The number of hydrogen-bond acceptors (Lipinski definition) is 4. The first-order valence-electron chi connectivity index (χ1n) is 11.2. The smallest absolute Gasteiger partial charge is 0.317 e. The molecule has 1 fully saturated rings. The summed E-state index contributed by atoms with van der Waals surface area (Å²) >= 11 is 0. The number of anilines is 2. The fourth-order valence-electron chi connectivity index (χ4n) is 3.94. The van der Waals surface area contributed by atoms with Crippen LogP contribution in [-0.2, 0) is 0 Å². The number of piperazine rings is 1. The Hall–Kier alpha value is -3.87. The van der Waals surface area contributed by atoms with Crippen molar-refractivity contribution in [3.63, 3.8) is 0 Å². The molecule has 3 aromatic rings. The average molecular weight is 444 g/mol. The summed E-state index contributed by atoms with van der Waals surface area (Å²) in [6.07, 6.45) is 3.51. The fourth-order valence-corrected chi connectivity index (χ4v) is 3.94. The summed E-state index contributed by atoms with van der Waals surface area (Å²) < 4.78 is 0. The van der Waals surface area contributed by atoms with Gasteiger partial charge in [0.15, 0.2) is 0 Å². The number of amides is 3. The maximum atomic E-state index is 13.0. The summed E-state index contributed by atoms with van der Waals surface area (Å²) in [6.45, 7) is 4.04. The normalized spacial score (nSPS) is 14.5. The summed E-state index contributed by atoms with van der Waals surface area (Å²) in [5.74, 6) is -0.00849. The van der Waals surface area contributed by atoms with Crippen LogP contribution in [0, 0.1) is 0 Å². The molecule has 7 nitrogen and oxygen atoms in total. The van der Waals surface area contributed by atoms with Crippen molar-refractivity contribution in [1.29, 1.82) is 0 Å². The lowest BCUT2D eigenvalue weighted by Gasteiger charge is -2.35. The van der Waals surface area contributed by atoms with Crippen LogP contribution in [0.4, 0.5) is 16.2 Å². The molecular formula is C26H29N5O2. The van der Waals surface area contributed by atoms with Crippen molar-refractivity contribution in [3.8, 4) is 0 Å². The van der Waals surface area contributed by atoms with Gasteiger partial charge in [0, 0.05) is 62.6 Å². The predicted molar refractivity (Wildman–Crippen MR) is 130 cm³/mol. The number of nitrogens with zero attached hydrogens (tertiary/aromatic N) is 4. The van der Waals surface area contributed by atoms with Gasteiger partial charge in [-0.25, -0.2) is 4.79 Å². The van der Waals surface area contributed by atoms with Crippen molar-refractivity contribution in [3.05, 3.63) is 90.3 Å². The van der Waals surface area contributed by atoms with Crippen LogP contribution in [0.25, 0.3) is 0 Å². The summed E-state index contributed by atoms with van der Waals surface area (Å²) in [5, 5.41) is 3.05. The largest absolute Gasteiger partial charge is 0.345 e. The standard InChI is InChI=1S/C26H29N5O2/c1-20(21-6-4-3-5-7-21)28-26(33)31-18-16-30(17-19-31)25(32)22-8-10-23(11-9-22)29(2)24-12-14-27-15-13-24/h3-15,20H,16-19H2,1-2H3,(H,28,33)/t20-/m0/s1. The summed E-state index contributed by atoms with van der Waals surface area (Å²) in [4.78, 5) is 35.3. The summed E-state index contributed by atoms with van der Waals surface area (Å²) in [6, 6.07) is 21.2. The van der Waals surface area contributed by atoms with Crippen molar-refractivity contribution in [2.75, 3.05) is 38.1 Å². The van der Waals surface area contributed by atoms with Gasteiger partial charge in [-0.2, -0.15) is 0 Å². The first-order chi connectivity index (χ1) is 16.0. The van der Waals surface area contributed by atoms with Crippen molar-refractivity contribution >= 4 is 23.3 Å². The topological polar surface area (TPSA) is 68.8 Å². The van der Waals surface area contributed by atoms with Crippen LogP contribution >= 0.6 is 0 Å². The number of carbonyl (C=O) groups excluding carboxylic acids is 2. The second-order valence-electron chi connectivity index (χ2n) is 8.17. The highest BCUT2D eigenvalue weighted by atomic mass is 16.2. The molecule has 0 spiro atoms. The van der Waals surface area contributed by atoms with E-state index >= 15 is 0 Å². The number of aromatic nitrogens is 1. The van der Waals surface area contributed by atoms with E-state index in [0.717, 1.165) is 16.9 Å². The first kappa shape index (κ1) is 22.3. The third kappa shape index (κ3) is 5.31. The Labute approximate surface area is 194 Å². The zero-order valence-electron chi connectivity index (χ0n) is 19.0. The average Bonchev–Trinajstić information content (AvgIpc) is 2.89. The van der Waals surface area contributed by atoms with Crippen molar-refractivity contribution in [2.45, 2.75) is 13.0 Å². The minimum atomic E-state index is -0.0954. The molecular weight excluding hydrogens is 414 g/mol. The van der Waals surface area contributed by atoms with Crippen LogP contribution in [0.5, 0.6) is 0 Å². The molecule has 7 heteroatoms. The lowest BCUT2D eigenvalue weighted by molar-refractivity contribution is 0.0663. The lowest BCUT2D eigenvalue weighted by atomic mass is 10.1. The molecule has 0 saturated carbocycles. The Morgan fingerprint density at radius 2 is 1.42 bits per heavy atom. The summed E-state index contributed by atoms with van der Waals surface area (Å²) in [5.41, 5.74) is 3.74. The van der Waals surface area contributed by atoms with E-state index in [2.05, 4.69) is 10.3 Å². The van der Waals surface area contributed by atoms with Crippen LogP contribution in [0.2, 0.25) is 0 Å². The number of carbonyl (C=O) groups is 2. The van der Waals surface area contributed by atoms with Gasteiger partial charge < -0.3 is 20.0 Å². The van der Waals surface area contributed by atoms with Crippen molar-refractivity contribution < 1.29 is 9.59 Å². The molecule has 1 atom stereocenters. The number of nitrogens with one attached hydrogen (secondary N) is 1. The van der Waals surface area contributed by atoms with E-state index in [1.54, 1.807) is 17.3 Å². The van der Waals surface area contributed by atoms with Gasteiger partial charge in [-0.3, -0.25) is 9.78 Å². The molecule has 170 valence electrons. The van der Waals surface area contributed by atoms with Gasteiger partial charge in [0.1, 0.15) is 0 Å². The molecule has 1 saturated heterocycles. The van der Waals surface area contributed by atoms with Crippen LogP contribution in [-0.4, -0.2) is 59.9 Å². The SMILES string of the molecule is C[C@H](NC(=O)N1CCN(C(=O)c2ccc(N(C)c3ccncc3)cc2)CC1)c1ccccc1. The number of rotatable bonds is 5. The Bertz CT molecular complexity index is 1060. The lowest BCUT2D eigenvalue weighted by Crippen LogP contribution is -2.53. The van der Waals surface area contributed by atoms with Crippen molar-refractivity contribution in [1.82, 2.24) is 20.1 Å². The highest BCUT2D eigenvalue weighted by Crippen LogP contribution is 2.23. The molecule has 0 aliphatic carbocycles. The van der Waals surface area contributed by atoms with Gasteiger partial charge in [-0.05, 0) is 48.9 Å². The van der Waals surface area contributed by atoms with Gasteiger partial charge >= 0.3 is 6.03 Å². The molecule has 0 bridgehead atoms.